The Kier molecular flexibility index (Phi) is 7.03. The van der Waals surface area contributed by atoms with Gasteiger partial charge in [-0.2, -0.15) is 5.10 Å². The average Bonchev–Trinajstić information content (AvgIpc) is 3.37. The van der Waals surface area contributed by atoms with Crippen LogP contribution in [0.1, 0.15) is 20.8 Å². The van der Waals surface area contributed by atoms with Crippen LogP contribution in [0.15, 0.2) is 70.3 Å². The summed E-state index contributed by atoms with van der Waals surface area (Å²) in [6.45, 7) is 5.47. The van der Waals surface area contributed by atoms with Crippen LogP contribution in [0.3, 0.4) is 0 Å². The average molecular weight is 515 g/mol. The molecule has 1 spiro atoms. The summed E-state index contributed by atoms with van der Waals surface area (Å²) in [7, 11) is 0. The van der Waals surface area contributed by atoms with E-state index in [1.807, 2.05) is 35.2 Å². The standard InChI is InChI=1S/C23H22N4O6S2/c1-4-32-21(28)19-15(3)25(16-11-7-6-8-12-16)23(34-19)26(24-20(35-23)22(29)33-5-2)17-13-9-10-14-18(17)27(30)31/h6-14H,4-5H2,1-3H3/t23-/m1/s1. The van der Waals surface area contributed by atoms with Crippen molar-refractivity contribution in [2.45, 2.75) is 25.1 Å². The van der Waals surface area contributed by atoms with Gasteiger partial charge in [0.05, 0.1) is 18.1 Å². The zero-order valence-electron chi connectivity index (χ0n) is 19.2. The molecule has 2 aliphatic rings. The number of nitrogens with zero attached hydrogens (tertiary/aromatic N) is 4. The minimum atomic E-state index is -1.30. The normalized spacial score (nSPS) is 19.2. The summed E-state index contributed by atoms with van der Waals surface area (Å²) < 4.78 is 9.17. The van der Waals surface area contributed by atoms with Crippen molar-refractivity contribution in [2.75, 3.05) is 23.1 Å². The number of thioether (sulfide) groups is 2. The number of carbonyl (C=O) groups is 2. The Bertz CT molecular complexity index is 1240. The number of hydrogen-bond acceptors (Lipinski definition) is 11. The lowest BCUT2D eigenvalue weighted by atomic mass is 10.2. The second-order valence-electron chi connectivity index (χ2n) is 7.24. The van der Waals surface area contributed by atoms with Gasteiger partial charge in [-0.15, -0.1) is 0 Å². The molecule has 2 heterocycles. The van der Waals surface area contributed by atoms with E-state index in [1.165, 1.54) is 11.1 Å². The van der Waals surface area contributed by atoms with Gasteiger partial charge in [-0.3, -0.25) is 10.1 Å². The van der Waals surface area contributed by atoms with E-state index in [2.05, 4.69) is 5.10 Å². The van der Waals surface area contributed by atoms with Crippen molar-refractivity contribution in [3.05, 3.63) is 75.3 Å². The Balaban J connectivity index is 1.94. The Morgan fingerprint density at radius 1 is 1.00 bits per heavy atom. The molecule has 0 fully saturated rings. The highest BCUT2D eigenvalue weighted by molar-refractivity contribution is 8.29. The molecule has 0 radical (unpaired) electrons. The fourth-order valence-electron chi connectivity index (χ4n) is 3.71. The van der Waals surface area contributed by atoms with Gasteiger partial charge in [-0.25, -0.2) is 14.6 Å². The number of para-hydroxylation sites is 3. The molecule has 0 N–H and O–H groups in total. The van der Waals surface area contributed by atoms with Crippen LogP contribution in [-0.4, -0.2) is 39.4 Å². The fourth-order valence-corrected chi connectivity index (χ4v) is 6.65. The quantitative estimate of drug-likeness (QED) is 0.293. The molecule has 4 rings (SSSR count). The number of carbonyl (C=O) groups excluding carboxylic acids is 2. The number of esters is 2. The third-order valence-electron chi connectivity index (χ3n) is 5.10. The third kappa shape index (κ3) is 4.34. The van der Waals surface area contributed by atoms with Gasteiger partial charge in [0.15, 0.2) is 0 Å². The van der Waals surface area contributed by atoms with Crippen LogP contribution in [0.2, 0.25) is 0 Å². The number of nitro groups is 1. The first kappa shape index (κ1) is 24.6. The molecule has 10 nitrogen and oxygen atoms in total. The maximum absolute atomic E-state index is 12.9. The summed E-state index contributed by atoms with van der Waals surface area (Å²) in [6.07, 6.45) is 0. The van der Waals surface area contributed by atoms with Gasteiger partial charge in [0.1, 0.15) is 10.6 Å². The lowest BCUT2D eigenvalue weighted by molar-refractivity contribution is -0.384. The zero-order chi connectivity index (χ0) is 25.2. The number of benzene rings is 2. The van der Waals surface area contributed by atoms with E-state index in [9.17, 15) is 19.7 Å². The molecule has 0 amide bonds. The summed E-state index contributed by atoms with van der Waals surface area (Å²) in [5.74, 6) is -1.19. The largest absolute Gasteiger partial charge is 0.462 e. The van der Waals surface area contributed by atoms with Crippen LogP contribution in [0.25, 0.3) is 0 Å². The zero-order valence-corrected chi connectivity index (χ0v) is 20.8. The molecule has 2 aliphatic heterocycles. The highest BCUT2D eigenvalue weighted by Gasteiger charge is 2.59. The van der Waals surface area contributed by atoms with E-state index in [0.717, 1.165) is 23.5 Å². The van der Waals surface area contributed by atoms with Gasteiger partial charge in [0.2, 0.25) is 9.37 Å². The molecule has 1 atom stereocenters. The highest BCUT2D eigenvalue weighted by Crippen LogP contribution is 2.61. The van der Waals surface area contributed by atoms with Crippen LogP contribution in [-0.2, 0) is 19.1 Å². The van der Waals surface area contributed by atoms with E-state index < -0.39 is 21.2 Å². The van der Waals surface area contributed by atoms with Crippen molar-refractivity contribution in [3.63, 3.8) is 0 Å². The van der Waals surface area contributed by atoms with Gasteiger partial charge in [-0.1, -0.05) is 42.1 Å². The second-order valence-corrected chi connectivity index (χ2v) is 9.84. The lowest BCUT2D eigenvalue weighted by Crippen LogP contribution is -2.49. The Morgan fingerprint density at radius 3 is 2.29 bits per heavy atom. The molecule has 0 aromatic heterocycles. The predicted octanol–water partition coefficient (Wildman–Crippen LogP) is 4.68. The van der Waals surface area contributed by atoms with Crippen molar-refractivity contribution in [2.24, 2.45) is 5.10 Å². The van der Waals surface area contributed by atoms with Gasteiger partial charge in [-0.05, 0) is 50.7 Å². The number of rotatable bonds is 7. The van der Waals surface area contributed by atoms with Crippen LogP contribution < -0.4 is 9.91 Å². The van der Waals surface area contributed by atoms with E-state index in [4.69, 9.17) is 9.47 Å². The van der Waals surface area contributed by atoms with Crippen LogP contribution in [0, 0.1) is 10.1 Å². The molecule has 0 saturated heterocycles. The van der Waals surface area contributed by atoms with E-state index in [0.29, 0.717) is 16.3 Å². The number of allylic oxidation sites excluding steroid dienone is 1. The first-order chi connectivity index (χ1) is 16.8. The first-order valence-electron chi connectivity index (χ1n) is 10.7. The summed E-state index contributed by atoms with van der Waals surface area (Å²) >= 11 is 2.17. The van der Waals surface area contributed by atoms with Gasteiger partial charge in [0.25, 0.3) is 5.69 Å². The summed E-state index contributed by atoms with van der Waals surface area (Å²) in [5, 5.41) is 17.8. The smallest absolute Gasteiger partial charge is 0.365 e. The second kappa shape index (κ2) is 10.0. The number of nitro benzene ring substituents is 1. The first-order valence-corrected chi connectivity index (χ1v) is 12.4. The molecule has 2 aromatic rings. The molecule has 0 aliphatic carbocycles. The fraction of sp³-hybridized carbons (Fsp3) is 0.261. The van der Waals surface area contributed by atoms with E-state index in [1.54, 1.807) is 39.0 Å². The van der Waals surface area contributed by atoms with Gasteiger partial charge in [0, 0.05) is 17.5 Å². The number of ether oxygens (including phenoxy) is 2. The third-order valence-corrected chi connectivity index (χ3v) is 7.95. The predicted molar refractivity (Wildman–Crippen MR) is 136 cm³/mol. The molecular weight excluding hydrogens is 492 g/mol. The summed E-state index contributed by atoms with van der Waals surface area (Å²) in [6, 6.07) is 15.4. The maximum atomic E-state index is 12.9. The van der Waals surface area contributed by atoms with Crippen LogP contribution in [0.4, 0.5) is 17.1 Å². The van der Waals surface area contributed by atoms with Crippen molar-refractivity contribution in [1.82, 2.24) is 0 Å². The Hall–Kier alpha value is -3.51. The van der Waals surface area contributed by atoms with Crippen LogP contribution in [0.5, 0.6) is 0 Å². The highest BCUT2D eigenvalue weighted by atomic mass is 32.2. The molecule has 2 aromatic carbocycles. The summed E-state index contributed by atoms with van der Waals surface area (Å²) in [4.78, 5) is 39.2. The number of anilines is 2. The molecule has 12 heteroatoms. The summed E-state index contributed by atoms with van der Waals surface area (Å²) in [5.41, 5.74) is 1.23. The van der Waals surface area contributed by atoms with Crippen molar-refractivity contribution in [3.8, 4) is 0 Å². The molecule has 0 saturated carbocycles. The maximum Gasteiger partial charge on any atom is 0.365 e. The van der Waals surface area contributed by atoms with Crippen molar-refractivity contribution in [1.29, 1.82) is 0 Å². The molecular formula is C23H22N4O6S2. The minimum absolute atomic E-state index is 0.0105. The van der Waals surface area contributed by atoms with E-state index in [-0.39, 0.29) is 29.6 Å². The minimum Gasteiger partial charge on any atom is -0.462 e. The Labute approximate surface area is 210 Å². The monoisotopic (exact) mass is 514 g/mol. The molecule has 0 bridgehead atoms. The molecule has 35 heavy (non-hydrogen) atoms. The van der Waals surface area contributed by atoms with E-state index >= 15 is 0 Å². The Morgan fingerprint density at radius 2 is 1.63 bits per heavy atom. The number of hydrogen-bond donors (Lipinski definition) is 0. The van der Waals surface area contributed by atoms with Gasteiger partial charge >= 0.3 is 11.9 Å². The lowest BCUT2D eigenvalue weighted by Gasteiger charge is -2.40. The van der Waals surface area contributed by atoms with Gasteiger partial charge < -0.3 is 14.4 Å². The topological polar surface area (TPSA) is 115 Å². The number of hydrazone groups is 1. The molecule has 0 unspecified atom stereocenters. The molecule has 182 valence electrons. The van der Waals surface area contributed by atoms with Crippen molar-refractivity contribution >= 4 is 57.6 Å². The van der Waals surface area contributed by atoms with Crippen LogP contribution >= 0.6 is 23.5 Å². The SMILES string of the molecule is CCOC(=O)C1=NN(c2ccccc2[N+](=O)[O-])[C@@]2(S1)SC(C(=O)OCC)=C(C)N2c1ccccc1. The van der Waals surface area contributed by atoms with Crippen molar-refractivity contribution < 1.29 is 24.0 Å².